The number of piperidine rings is 1. The first-order chi connectivity index (χ1) is 13.0. The van der Waals surface area contributed by atoms with Crippen molar-refractivity contribution in [3.05, 3.63) is 0 Å². The average molecular weight is 421 g/mol. The van der Waals surface area contributed by atoms with Crippen molar-refractivity contribution < 1.29 is 27.5 Å². The summed E-state index contributed by atoms with van der Waals surface area (Å²) in [6, 6.07) is -0.109. The molecule has 11 heteroatoms. The van der Waals surface area contributed by atoms with Gasteiger partial charge in [0.1, 0.15) is 5.60 Å². The Bertz CT molecular complexity index is 647. The van der Waals surface area contributed by atoms with E-state index in [1.54, 1.807) is 27.7 Å². The third-order valence-corrected chi connectivity index (χ3v) is 6.63. The Morgan fingerprint density at radius 1 is 1.00 bits per heavy atom. The van der Waals surface area contributed by atoms with Crippen LogP contribution < -0.4 is 5.32 Å². The molecule has 2 aliphatic rings. The predicted molar refractivity (Wildman–Crippen MR) is 103 cm³/mol. The van der Waals surface area contributed by atoms with Crippen LogP contribution in [0.15, 0.2) is 0 Å². The molecule has 0 aliphatic carbocycles. The Kier molecular flexibility index (Phi) is 7.52. The number of hydrogen-bond acceptors (Lipinski definition) is 6. The van der Waals surface area contributed by atoms with Gasteiger partial charge in [-0.15, -0.1) is 0 Å². The number of nitrogens with one attached hydrogen (secondary N) is 1. The third-order valence-electron chi connectivity index (χ3n) is 4.59. The first kappa shape index (κ1) is 22.7. The maximum Gasteiger partial charge on any atom is 0.409 e. The Hall–Kier alpha value is -1.59. The number of hydrogen-bond donors (Lipinski definition) is 1. The fourth-order valence-electron chi connectivity index (χ4n) is 3.18. The van der Waals surface area contributed by atoms with Crippen molar-refractivity contribution in [2.24, 2.45) is 0 Å². The minimum atomic E-state index is -3.58. The lowest BCUT2D eigenvalue weighted by molar-refractivity contribution is 0.0488. The Morgan fingerprint density at radius 3 is 2.04 bits per heavy atom. The molecule has 0 radical (unpaired) electrons. The largest absolute Gasteiger partial charge is 0.450 e. The molecule has 2 aliphatic heterocycles. The Morgan fingerprint density at radius 2 is 1.54 bits per heavy atom. The molecule has 0 unspecified atom stereocenters. The molecule has 1 N–H and O–H groups in total. The highest BCUT2D eigenvalue weighted by Gasteiger charge is 2.36. The van der Waals surface area contributed by atoms with Crippen molar-refractivity contribution in [2.75, 3.05) is 45.9 Å². The fraction of sp³-hybridized carbons (Fsp3) is 0.882. The molecule has 2 heterocycles. The molecule has 0 saturated carbocycles. The molecule has 2 amide bonds. The molecule has 0 spiro atoms. The predicted octanol–water partition coefficient (Wildman–Crippen LogP) is 0.994. The maximum atomic E-state index is 12.9. The van der Waals surface area contributed by atoms with E-state index in [-0.39, 0.29) is 19.1 Å². The second-order valence-corrected chi connectivity index (χ2v) is 9.84. The van der Waals surface area contributed by atoms with E-state index in [2.05, 4.69) is 5.32 Å². The summed E-state index contributed by atoms with van der Waals surface area (Å²) in [5.41, 5.74) is -0.570. The number of alkyl carbamates (subject to hydrolysis) is 1. The van der Waals surface area contributed by atoms with Gasteiger partial charge in [-0.2, -0.15) is 17.0 Å². The molecule has 2 rings (SSSR count). The van der Waals surface area contributed by atoms with Gasteiger partial charge in [0.2, 0.25) is 0 Å². The number of ether oxygens (including phenoxy) is 2. The number of piperazine rings is 1. The van der Waals surface area contributed by atoms with Crippen LogP contribution in [0.3, 0.4) is 0 Å². The lowest BCUT2D eigenvalue weighted by Crippen LogP contribution is -2.56. The number of amides is 2. The number of carbonyl (C=O) groups is 2. The molecule has 0 aromatic carbocycles. The van der Waals surface area contributed by atoms with Crippen LogP contribution in [0.4, 0.5) is 9.59 Å². The monoisotopic (exact) mass is 420 g/mol. The van der Waals surface area contributed by atoms with Crippen LogP contribution in [0, 0.1) is 0 Å². The lowest BCUT2D eigenvalue weighted by Gasteiger charge is -2.38. The van der Waals surface area contributed by atoms with E-state index >= 15 is 0 Å². The van der Waals surface area contributed by atoms with Gasteiger partial charge in [0.15, 0.2) is 0 Å². The quantitative estimate of drug-likeness (QED) is 0.727. The molecule has 28 heavy (non-hydrogen) atoms. The fourth-order valence-corrected chi connectivity index (χ4v) is 4.81. The molecule has 10 nitrogen and oxygen atoms in total. The smallest absolute Gasteiger partial charge is 0.409 e. The molecular weight excluding hydrogens is 388 g/mol. The van der Waals surface area contributed by atoms with Gasteiger partial charge in [-0.25, -0.2) is 9.59 Å². The van der Waals surface area contributed by atoms with Crippen LogP contribution in [0.5, 0.6) is 0 Å². The maximum absolute atomic E-state index is 12.9. The summed E-state index contributed by atoms with van der Waals surface area (Å²) in [7, 11) is -3.58. The zero-order valence-corrected chi connectivity index (χ0v) is 18.0. The number of nitrogens with zero attached hydrogens (tertiary/aromatic N) is 3. The molecular formula is C17H32N4O6S. The summed E-state index contributed by atoms with van der Waals surface area (Å²) in [6.45, 7) is 9.21. The molecule has 0 aromatic rings. The number of carbonyl (C=O) groups excluding carboxylic acids is 2. The van der Waals surface area contributed by atoms with E-state index in [1.807, 2.05) is 0 Å². The van der Waals surface area contributed by atoms with Crippen LogP contribution in [0.1, 0.15) is 40.5 Å². The highest BCUT2D eigenvalue weighted by atomic mass is 32.2. The Labute approximate surface area is 167 Å². The zero-order valence-electron chi connectivity index (χ0n) is 17.1. The highest BCUT2D eigenvalue weighted by Crippen LogP contribution is 2.19. The van der Waals surface area contributed by atoms with E-state index in [1.165, 1.54) is 13.5 Å². The van der Waals surface area contributed by atoms with Crippen molar-refractivity contribution in [1.29, 1.82) is 0 Å². The molecule has 2 fully saturated rings. The zero-order chi connectivity index (χ0) is 20.9. The first-order valence-electron chi connectivity index (χ1n) is 9.69. The summed E-state index contributed by atoms with van der Waals surface area (Å²) in [5.74, 6) is 0. The second kappa shape index (κ2) is 9.27. The summed E-state index contributed by atoms with van der Waals surface area (Å²) >= 11 is 0. The van der Waals surface area contributed by atoms with E-state index in [0.717, 1.165) is 0 Å². The van der Waals surface area contributed by atoms with Crippen LogP contribution in [0.25, 0.3) is 0 Å². The van der Waals surface area contributed by atoms with E-state index in [9.17, 15) is 18.0 Å². The van der Waals surface area contributed by atoms with Gasteiger partial charge in [-0.1, -0.05) is 0 Å². The Balaban J connectivity index is 1.81. The standard InChI is InChI=1S/C17H32N4O6S/c1-5-26-16(23)19-10-12-21(13-11-19)28(24,25)20-8-6-14(7-9-20)18-15(22)27-17(2,3)4/h14H,5-13H2,1-4H3,(H,18,22). The van der Waals surface area contributed by atoms with Gasteiger partial charge in [0.05, 0.1) is 6.61 Å². The van der Waals surface area contributed by atoms with Crippen LogP contribution >= 0.6 is 0 Å². The van der Waals surface area contributed by atoms with Crippen LogP contribution in [-0.4, -0.2) is 91.6 Å². The van der Waals surface area contributed by atoms with E-state index < -0.39 is 28.0 Å². The van der Waals surface area contributed by atoms with Crippen molar-refractivity contribution in [2.45, 2.75) is 52.2 Å². The summed E-state index contributed by atoms with van der Waals surface area (Å²) in [4.78, 5) is 25.1. The minimum Gasteiger partial charge on any atom is -0.450 e. The topological polar surface area (TPSA) is 108 Å². The van der Waals surface area contributed by atoms with Gasteiger partial charge in [-0.05, 0) is 40.5 Å². The van der Waals surface area contributed by atoms with Gasteiger partial charge >= 0.3 is 12.2 Å². The second-order valence-electron chi connectivity index (χ2n) is 7.91. The minimum absolute atomic E-state index is 0.109. The van der Waals surface area contributed by atoms with Crippen molar-refractivity contribution in [1.82, 2.24) is 18.8 Å². The molecule has 2 saturated heterocycles. The van der Waals surface area contributed by atoms with Gasteiger partial charge in [0.25, 0.3) is 10.2 Å². The molecule has 162 valence electrons. The summed E-state index contributed by atoms with van der Waals surface area (Å²) in [5, 5.41) is 2.80. The lowest BCUT2D eigenvalue weighted by atomic mass is 10.1. The first-order valence-corrected chi connectivity index (χ1v) is 11.1. The molecule has 0 bridgehead atoms. The summed E-state index contributed by atoms with van der Waals surface area (Å²) in [6.07, 6.45) is 0.167. The highest BCUT2D eigenvalue weighted by molar-refractivity contribution is 7.86. The molecule has 0 atom stereocenters. The van der Waals surface area contributed by atoms with Crippen LogP contribution in [-0.2, 0) is 19.7 Å². The van der Waals surface area contributed by atoms with Gasteiger partial charge in [0, 0.05) is 45.3 Å². The van der Waals surface area contributed by atoms with E-state index in [4.69, 9.17) is 9.47 Å². The van der Waals surface area contributed by atoms with E-state index in [0.29, 0.717) is 45.6 Å². The van der Waals surface area contributed by atoms with Gasteiger partial charge in [-0.3, -0.25) is 0 Å². The average Bonchev–Trinajstić information content (AvgIpc) is 2.61. The SMILES string of the molecule is CCOC(=O)N1CCN(S(=O)(=O)N2CCC(NC(=O)OC(C)(C)C)CC2)CC1. The van der Waals surface area contributed by atoms with Gasteiger partial charge < -0.3 is 19.7 Å². The number of rotatable bonds is 4. The van der Waals surface area contributed by atoms with Crippen molar-refractivity contribution in [3.63, 3.8) is 0 Å². The molecule has 0 aromatic heterocycles. The van der Waals surface area contributed by atoms with Crippen molar-refractivity contribution in [3.8, 4) is 0 Å². The third kappa shape index (κ3) is 6.21. The summed E-state index contributed by atoms with van der Waals surface area (Å²) < 4.78 is 38.8. The van der Waals surface area contributed by atoms with Crippen LogP contribution in [0.2, 0.25) is 0 Å². The van der Waals surface area contributed by atoms with Crippen molar-refractivity contribution >= 4 is 22.4 Å². The normalized spacial score (nSPS) is 20.6.